The number of sulfone groups is 1. The molecule has 0 spiro atoms. The summed E-state index contributed by atoms with van der Waals surface area (Å²) in [5.74, 6) is -1.07. The topological polar surface area (TPSA) is 141 Å². The van der Waals surface area contributed by atoms with Gasteiger partial charge in [-0.1, -0.05) is 23.5 Å². The Morgan fingerprint density at radius 2 is 1.81 bits per heavy atom. The Kier molecular flexibility index (Phi) is 7.24. The van der Waals surface area contributed by atoms with E-state index in [0.717, 1.165) is 11.3 Å². The Bertz CT molecular complexity index is 1380. The first-order valence-corrected chi connectivity index (χ1v) is 14.0. The maximum absolute atomic E-state index is 13.2. The molecule has 0 bridgehead atoms. The van der Waals surface area contributed by atoms with Crippen molar-refractivity contribution in [2.75, 3.05) is 18.5 Å². The largest absolute Gasteiger partial charge is 0.478 e. The summed E-state index contributed by atoms with van der Waals surface area (Å²) in [6.45, 7) is 0.909. The number of aromatic nitrogens is 1. The van der Waals surface area contributed by atoms with Gasteiger partial charge in [0.1, 0.15) is 5.75 Å². The molecule has 2 atom stereocenters. The van der Waals surface area contributed by atoms with E-state index >= 15 is 0 Å². The minimum absolute atomic E-state index is 0.140. The van der Waals surface area contributed by atoms with Gasteiger partial charge in [0.2, 0.25) is 5.06 Å². The summed E-state index contributed by atoms with van der Waals surface area (Å²) in [7, 11) is -3.34. The molecule has 1 saturated heterocycles. The highest BCUT2D eigenvalue weighted by atomic mass is 32.2. The van der Waals surface area contributed by atoms with Crippen LogP contribution in [0, 0.1) is 0 Å². The lowest BCUT2D eigenvalue weighted by atomic mass is 10.1. The molecule has 2 aromatic carbocycles. The summed E-state index contributed by atoms with van der Waals surface area (Å²) in [6.07, 6.45) is 2.17. The third kappa shape index (κ3) is 5.99. The fourth-order valence-corrected chi connectivity index (χ4v) is 6.17. The highest BCUT2D eigenvalue weighted by molar-refractivity contribution is 7.92. The van der Waals surface area contributed by atoms with E-state index in [1.807, 2.05) is 0 Å². The van der Waals surface area contributed by atoms with Gasteiger partial charge in [0.05, 0.1) is 34.6 Å². The third-order valence-corrected chi connectivity index (χ3v) is 9.03. The average Bonchev–Trinajstić information content (AvgIpc) is 3.47. The first-order chi connectivity index (χ1) is 17.8. The van der Waals surface area contributed by atoms with Crippen LogP contribution in [0.5, 0.6) is 10.8 Å². The number of thiazole rings is 1. The van der Waals surface area contributed by atoms with Crippen LogP contribution < -0.4 is 10.1 Å². The maximum atomic E-state index is 13.2. The van der Waals surface area contributed by atoms with Gasteiger partial charge in [0, 0.05) is 6.61 Å². The molecule has 1 unspecified atom stereocenters. The van der Waals surface area contributed by atoms with Gasteiger partial charge < -0.3 is 19.3 Å². The van der Waals surface area contributed by atoms with Gasteiger partial charge in [-0.2, -0.15) is 0 Å². The van der Waals surface area contributed by atoms with Crippen molar-refractivity contribution in [1.82, 2.24) is 4.98 Å². The summed E-state index contributed by atoms with van der Waals surface area (Å²) in [6, 6.07) is 12.2. The van der Waals surface area contributed by atoms with Crippen LogP contribution in [0.1, 0.15) is 41.3 Å². The van der Waals surface area contributed by atoms with Crippen molar-refractivity contribution >= 4 is 38.2 Å². The second-order valence-electron chi connectivity index (χ2n) is 8.72. The number of anilines is 1. The Balaban J connectivity index is 1.29. The molecule has 3 aromatic rings. The molecule has 1 saturated carbocycles. The van der Waals surface area contributed by atoms with Gasteiger partial charge in [-0.25, -0.2) is 18.2 Å². The molecule has 2 N–H and O–H groups in total. The van der Waals surface area contributed by atoms with E-state index in [1.165, 1.54) is 42.6 Å². The molecule has 5 rings (SSSR count). The van der Waals surface area contributed by atoms with E-state index < -0.39 is 27.8 Å². The van der Waals surface area contributed by atoms with E-state index in [4.69, 9.17) is 19.3 Å². The number of ether oxygens (including phenoxy) is 3. The summed E-state index contributed by atoms with van der Waals surface area (Å²) in [5.41, 5.74) is 0.659. The fourth-order valence-electron chi connectivity index (χ4n) is 3.82. The number of nitrogens with zero attached hydrogens (tertiary/aromatic N) is 1. The number of rotatable bonds is 10. The van der Waals surface area contributed by atoms with Gasteiger partial charge >= 0.3 is 5.97 Å². The lowest BCUT2D eigenvalue weighted by Gasteiger charge is -2.21. The average molecular weight is 545 g/mol. The number of aromatic carboxylic acids is 1. The van der Waals surface area contributed by atoms with Crippen molar-refractivity contribution in [3.63, 3.8) is 0 Å². The van der Waals surface area contributed by atoms with Crippen molar-refractivity contribution in [3.8, 4) is 10.8 Å². The predicted octanol–water partition coefficient (Wildman–Crippen LogP) is 4.06. The van der Waals surface area contributed by atoms with Crippen LogP contribution in [0.2, 0.25) is 0 Å². The second-order valence-corrected chi connectivity index (χ2v) is 11.9. The Morgan fingerprint density at radius 3 is 2.43 bits per heavy atom. The van der Waals surface area contributed by atoms with E-state index in [-0.39, 0.29) is 26.9 Å². The number of hydrogen-bond donors (Lipinski definition) is 2. The Labute approximate surface area is 217 Å². The second kappa shape index (κ2) is 10.6. The third-order valence-electron chi connectivity index (χ3n) is 5.96. The summed E-state index contributed by atoms with van der Waals surface area (Å²) in [4.78, 5) is 28.7. The molecule has 2 aliphatic rings. The highest BCUT2D eigenvalue weighted by Gasteiger charge is 2.37. The molecule has 1 amide bonds. The minimum Gasteiger partial charge on any atom is -0.478 e. The quantitative estimate of drug-likeness (QED) is 0.386. The molecule has 2 heterocycles. The van der Waals surface area contributed by atoms with Crippen molar-refractivity contribution in [2.24, 2.45) is 0 Å². The summed E-state index contributed by atoms with van der Waals surface area (Å²) < 4.78 is 42.2. The lowest BCUT2D eigenvalue weighted by molar-refractivity contribution is -0.131. The van der Waals surface area contributed by atoms with E-state index in [0.29, 0.717) is 48.9 Å². The molecule has 2 fully saturated rings. The minimum atomic E-state index is -3.34. The molecule has 37 heavy (non-hydrogen) atoms. The zero-order valence-corrected chi connectivity index (χ0v) is 21.2. The van der Waals surface area contributed by atoms with Crippen molar-refractivity contribution in [1.29, 1.82) is 0 Å². The zero-order chi connectivity index (χ0) is 26.0. The van der Waals surface area contributed by atoms with Crippen LogP contribution in [0.4, 0.5) is 5.13 Å². The van der Waals surface area contributed by atoms with Crippen molar-refractivity contribution < 1.29 is 37.3 Å². The Hall–Kier alpha value is -3.32. The van der Waals surface area contributed by atoms with Gasteiger partial charge in [-0.05, 0) is 61.2 Å². The van der Waals surface area contributed by atoms with E-state index in [9.17, 15) is 18.0 Å². The molecule has 0 radical (unpaired) electrons. The molecule has 194 valence electrons. The summed E-state index contributed by atoms with van der Waals surface area (Å²) in [5, 5.41) is 12.1. The van der Waals surface area contributed by atoms with Crippen LogP contribution >= 0.6 is 11.3 Å². The number of nitrogens with one attached hydrogen (secondary N) is 1. The molecule has 1 aromatic heterocycles. The smallest absolute Gasteiger partial charge is 0.335 e. The number of amides is 1. The first-order valence-electron chi connectivity index (χ1n) is 11.6. The number of carboxylic acids is 1. The van der Waals surface area contributed by atoms with Crippen LogP contribution in [0.25, 0.3) is 0 Å². The number of carbonyl (C=O) groups excluding carboxylic acids is 1. The molecule has 12 heteroatoms. The zero-order valence-electron chi connectivity index (χ0n) is 19.5. The molecule has 1 aliphatic heterocycles. The van der Waals surface area contributed by atoms with Crippen molar-refractivity contribution in [2.45, 2.75) is 41.6 Å². The number of benzene rings is 2. The molecule has 1 aliphatic carbocycles. The predicted molar refractivity (Wildman–Crippen MR) is 134 cm³/mol. The molecular formula is C25H24N2O8S2. The molecular weight excluding hydrogens is 520 g/mol. The van der Waals surface area contributed by atoms with Crippen LogP contribution in [0.3, 0.4) is 0 Å². The number of hydrogen-bond acceptors (Lipinski definition) is 9. The first kappa shape index (κ1) is 25.3. The van der Waals surface area contributed by atoms with Gasteiger partial charge in [-0.15, -0.1) is 0 Å². The Morgan fingerprint density at radius 1 is 1.08 bits per heavy atom. The van der Waals surface area contributed by atoms with Gasteiger partial charge in [0.25, 0.3) is 5.91 Å². The van der Waals surface area contributed by atoms with Crippen molar-refractivity contribution in [3.05, 3.63) is 65.9 Å². The lowest BCUT2D eigenvalue weighted by Crippen LogP contribution is -2.28. The van der Waals surface area contributed by atoms with Crippen LogP contribution in [-0.2, 0) is 24.1 Å². The van der Waals surface area contributed by atoms with Crippen LogP contribution in [-0.4, -0.2) is 55.0 Å². The number of carboxylic acid groups (broad SMARTS) is 1. The maximum Gasteiger partial charge on any atom is 0.335 e. The van der Waals surface area contributed by atoms with Crippen LogP contribution in [0.15, 0.2) is 59.6 Å². The SMILES string of the molecule is O=C(O)c1ccc(Oc2cnc(NC(=O)C(O[C@@H]3CCOC3)c3ccc(S(=O)(=O)C4CC4)cc3)s2)cc1. The fraction of sp³-hybridized carbons (Fsp3) is 0.320. The van der Waals surface area contributed by atoms with E-state index in [2.05, 4.69) is 10.3 Å². The normalized spacial score (nSPS) is 18.3. The monoisotopic (exact) mass is 544 g/mol. The standard InChI is InChI=1S/C25H24N2O8S2/c28-23(27-25-26-13-21(36-25)34-17-5-1-16(2-6-17)24(29)30)22(35-18-11-12-33-14-18)15-3-7-19(8-4-15)37(31,32)20-9-10-20/h1-8,13,18,20,22H,9-12,14H2,(H,29,30)(H,26,27,28)/t18-,22?/m1/s1. The number of carbonyl (C=O) groups is 2. The van der Waals surface area contributed by atoms with Gasteiger partial charge in [-0.3, -0.25) is 10.1 Å². The van der Waals surface area contributed by atoms with Gasteiger partial charge in [0.15, 0.2) is 21.1 Å². The molecule has 10 nitrogen and oxygen atoms in total. The summed E-state index contributed by atoms with van der Waals surface area (Å²) >= 11 is 1.10. The van der Waals surface area contributed by atoms with E-state index in [1.54, 1.807) is 12.1 Å². The highest BCUT2D eigenvalue weighted by Crippen LogP contribution is 2.35.